The quantitative estimate of drug-likeness (QED) is 0.498. The van der Waals surface area contributed by atoms with Gasteiger partial charge in [0, 0.05) is 5.69 Å². The molecule has 0 spiro atoms. The molecule has 0 radical (unpaired) electrons. The first-order chi connectivity index (χ1) is 10.4. The average molecular weight is 321 g/mol. The lowest BCUT2D eigenvalue weighted by molar-refractivity contribution is 0.341. The molecule has 0 saturated heterocycles. The molecule has 3 N–H and O–H groups in total. The largest absolute Gasteiger partial charge is 0.492 e. The number of hydrogen-bond acceptors (Lipinski definition) is 6. The first-order valence-corrected chi connectivity index (χ1v) is 7.86. The van der Waals surface area contributed by atoms with Gasteiger partial charge in [-0.05, 0) is 49.4 Å². The first-order valence-electron chi connectivity index (χ1n) is 6.42. The van der Waals surface area contributed by atoms with Crippen LogP contribution < -0.4 is 10.5 Å². The van der Waals surface area contributed by atoms with Crippen LogP contribution in [-0.4, -0.2) is 19.6 Å². The molecule has 116 valence electrons. The maximum absolute atomic E-state index is 11.2. The van der Waals surface area contributed by atoms with Crippen molar-refractivity contribution < 1.29 is 17.7 Å². The molecule has 0 atom stereocenters. The van der Waals surface area contributed by atoms with Gasteiger partial charge in [0.15, 0.2) is 0 Å². The monoisotopic (exact) mass is 321 g/mol. The fraction of sp³-hybridized carbons (Fsp3) is 0.143. The van der Waals surface area contributed by atoms with E-state index in [1.807, 2.05) is 0 Å². The summed E-state index contributed by atoms with van der Waals surface area (Å²) in [6, 6.07) is 10.5. The summed E-state index contributed by atoms with van der Waals surface area (Å²) in [5.74, 6) is 0.370. The molecule has 2 aromatic rings. The normalized spacial score (nSPS) is 11.7. The molecule has 0 bridgehead atoms. The van der Waals surface area contributed by atoms with Gasteiger partial charge >= 0.3 is 0 Å². The minimum Gasteiger partial charge on any atom is -0.492 e. The predicted molar refractivity (Wildman–Crippen MR) is 82.5 cm³/mol. The number of nitrogen functional groups attached to an aromatic ring is 1. The summed E-state index contributed by atoms with van der Waals surface area (Å²) in [4.78, 5) is -0.276. The van der Waals surface area contributed by atoms with Crippen LogP contribution in [0.1, 0.15) is 6.92 Å². The topological polar surface area (TPSA) is 114 Å². The molecule has 0 heterocycles. The zero-order valence-corrected chi connectivity index (χ0v) is 12.6. The van der Waals surface area contributed by atoms with Crippen molar-refractivity contribution in [2.75, 3.05) is 12.3 Å². The zero-order chi connectivity index (χ0) is 16.2. The number of benzene rings is 2. The number of rotatable bonds is 5. The van der Waals surface area contributed by atoms with Gasteiger partial charge in [-0.15, -0.1) is 5.11 Å². The fourth-order valence-electron chi connectivity index (χ4n) is 1.67. The van der Waals surface area contributed by atoms with E-state index < -0.39 is 10.1 Å². The van der Waals surface area contributed by atoms with Crippen molar-refractivity contribution in [1.82, 2.24) is 0 Å². The number of ether oxygens (including phenoxy) is 1. The Kier molecular flexibility index (Phi) is 4.74. The Bertz CT molecular complexity index is 786. The van der Waals surface area contributed by atoms with Crippen LogP contribution in [0.2, 0.25) is 0 Å². The lowest BCUT2D eigenvalue weighted by Crippen LogP contribution is -1.98. The molecule has 0 aliphatic rings. The molecule has 8 heteroatoms. The Morgan fingerprint density at radius 1 is 1.14 bits per heavy atom. The SMILES string of the molecule is CCOc1ccc(S(=O)(=O)O)cc1N=Nc1ccc(N)cc1. The minimum atomic E-state index is -4.32. The first kappa shape index (κ1) is 15.9. The van der Waals surface area contributed by atoms with Gasteiger partial charge in [0.05, 0.1) is 17.2 Å². The molecule has 22 heavy (non-hydrogen) atoms. The highest BCUT2D eigenvalue weighted by molar-refractivity contribution is 7.85. The molecular formula is C14H15N3O4S. The minimum absolute atomic E-state index is 0.203. The van der Waals surface area contributed by atoms with E-state index in [4.69, 9.17) is 15.0 Å². The third-order valence-electron chi connectivity index (χ3n) is 2.69. The van der Waals surface area contributed by atoms with E-state index in [2.05, 4.69) is 10.2 Å². The van der Waals surface area contributed by atoms with Crippen LogP contribution in [0.5, 0.6) is 5.75 Å². The highest BCUT2D eigenvalue weighted by atomic mass is 32.2. The van der Waals surface area contributed by atoms with Crippen molar-refractivity contribution in [2.45, 2.75) is 11.8 Å². The van der Waals surface area contributed by atoms with Gasteiger partial charge in [-0.2, -0.15) is 13.5 Å². The molecule has 0 fully saturated rings. The maximum Gasteiger partial charge on any atom is 0.294 e. The second-order valence-electron chi connectivity index (χ2n) is 4.33. The summed E-state index contributed by atoms with van der Waals surface area (Å²) in [7, 11) is -4.32. The van der Waals surface area contributed by atoms with Crippen LogP contribution in [0.15, 0.2) is 57.6 Å². The van der Waals surface area contributed by atoms with E-state index in [1.54, 1.807) is 31.2 Å². The van der Waals surface area contributed by atoms with Crippen molar-refractivity contribution >= 4 is 27.2 Å². The van der Waals surface area contributed by atoms with E-state index in [1.165, 1.54) is 18.2 Å². The number of nitrogens with zero attached hydrogens (tertiary/aromatic N) is 2. The highest BCUT2D eigenvalue weighted by Gasteiger charge is 2.13. The van der Waals surface area contributed by atoms with Crippen molar-refractivity contribution in [1.29, 1.82) is 0 Å². The second-order valence-corrected chi connectivity index (χ2v) is 5.75. The summed E-state index contributed by atoms with van der Waals surface area (Å²) in [5, 5.41) is 7.98. The Labute approximate surface area is 128 Å². The molecule has 0 aliphatic carbocycles. The molecule has 0 amide bonds. The standard InChI is InChI=1S/C14H15N3O4S/c1-2-21-14-8-7-12(22(18,19)20)9-13(14)17-16-11-5-3-10(15)4-6-11/h3-9H,2,15H2,1H3,(H,18,19,20). The van der Waals surface area contributed by atoms with Crippen molar-refractivity contribution in [3.63, 3.8) is 0 Å². The van der Waals surface area contributed by atoms with Gasteiger partial charge in [0.25, 0.3) is 10.1 Å². The molecule has 2 aromatic carbocycles. The number of nitrogens with two attached hydrogens (primary N) is 1. The molecule has 0 aromatic heterocycles. The van der Waals surface area contributed by atoms with Crippen LogP contribution in [0.4, 0.5) is 17.1 Å². The Hall–Kier alpha value is -2.45. The van der Waals surface area contributed by atoms with Crippen molar-refractivity contribution in [3.8, 4) is 5.75 Å². The highest BCUT2D eigenvalue weighted by Crippen LogP contribution is 2.32. The van der Waals surface area contributed by atoms with Gasteiger partial charge in [0.2, 0.25) is 0 Å². The van der Waals surface area contributed by atoms with Gasteiger partial charge in [-0.25, -0.2) is 0 Å². The van der Waals surface area contributed by atoms with E-state index in [0.717, 1.165) is 0 Å². The van der Waals surface area contributed by atoms with E-state index in [9.17, 15) is 8.42 Å². The Morgan fingerprint density at radius 3 is 2.41 bits per heavy atom. The second kappa shape index (κ2) is 6.54. The smallest absolute Gasteiger partial charge is 0.294 e. The van der Waals surface area contributed by atoms with Gasteiger partial charge < -0.3 is 10.5 Å². The molecular weight excluding hydrogens is 306 g/mol. The lowest BCUT2D eigenvalue weighted by Gasteiger charge is -2.07. The Morgan fingerprint density at radius 2 is 1.82 bits per heavy atom. The summed E-state index contributed by atoms with van der Waals surface area (Å²) in [5.41, 5.74) is 6.93. The molecule has 0 saturated carbocycles. The van der Waals surface area contributed by atoms with Crippen LogP contribution in [0.3, 0.4) is 0 Å². The average Bonchev–Trinajstić information content (AvgIpc) is 2.47. The fourth-order valence-corrected chi connectivity index (χ4v) is 2.17. The molecule has 7 nitrogen and oxygen atoms in total. The van der Waals surface area contributed by atoms with Gasteiger partial charge in [0.1, 0.15) is 11.4 Å². The van der Waals surface area contributed by atoms with Gasteiger partial charge in [-0.1, -0.05) is 0 Å². The molecule has 0 aliphatic heterocycles. The van der Waals surface area contributed by atoms with E-state index in [-0.39, 0.29) is 10.6 Å². The van der Waals surface area contributed by atoms with E-state index in [0.29, 0.717) is 23.7 Å². The predicted octanol–water partition coefficient (Wildman–Crippen LogP) is 3.33. The lowest BCUT2D eigenvalue weighted by atomic mass is 10.3. The summed E-state index contributed by atoms with van der Waals surface area (Å²) in [6.45, 7) is 2.17. The van der Waals surface area contributed by atoms with Gasteiger partial charge in [-0.3, -0.25) is 4.55 Å². The Balaban J connectivity index is 2.40. The van der Waals surface area contributed by atoms with Crippen LogP contribution in [0, 0.1) is 0 Å². The number of azo groups is 1. The van der Waals surface area contributed by atoms with Crippen LogP contribution >= 0.6 is 0 Å². The summed E-state index contributed by atoms with van der Waals surface area (Å²) < 4.78 is 36.8. The van der Waals surface area contributed by atoms with Crippen LogP contribution in [-0.2, 0) is 10.1 Å². The molecule has 2 rings (SSSR count). The maximum atomic E-state index is 11.2. The summed E-state index contributed by atoms with van der Waals surface area (Å²) >= 11 is 0. The third kappa shape index (κ3) is 4.03. The van der Waals surface area contributed by atoms with Crippen molar-refractivity contribution in [3.05, 3.63) is 42.5 Å². The van der Waals surface area contributed by atoms with Crippen LogP contribution in [0.25, 0.3) is 0 Å². The third-order valence-corrected chi connectivity index (χ3v) is 3.54. The number of anilines is 1. The van der Waals surface area contributed by atoms with Crippen molar-refractivity contribution in [2.24, 2.45) is 10.2 Å². The summed E-state index contributed by atoms with van der Waals surface area (Å²) in [6.07, 6.45) is 0. The molecule has 0 unspecified atom stereocenters. The van der Waals surface area contributed by atoms with E-state index >= 15 is 0 Å². The zero-order valence-electron chi connectivity index (χ0n) is 11.8. The number of hydrogen-bond donors (Lipinski definition) is 2.